The molecule has 0 bridgehead atoms. The quantitative estimate of drug-likeness (QED) is 0.467. The van der Waals surface area contributed by atoms with Gasteiger partial charge < -0.3 is 16.2 Å². The van der Waals surface area contributed by atoms with Crippen molar-refractivity contribution in [2.45, 2.75) is 0 Å². The standard InChI is InChI=1S/C8H8N2O3/c9-7-5(8(12)13)2-1-3-6(7)10-4-11/h1-4H,9H2,(H,10,11)(H,12,13). The summed E-state index contributed by atoms with van der Waals surface area (Å²) >= 11 is 0. The van der Waals surface area contributed by atoms with Crippen LogP contribution in [0, 0.1) is 0 Å². The molecule has 1 amide bonds. The van der Waals surface area contributed by atoms with Gasteiger partial charge in [0.1, 0.15) is 0 Å². The molecule has 1 aromatic carbocycles. The van der Waals surface area contributed by atoms with Gasteiger partial charge in [-0.3, -0.25) is 4.79 Å². The molecule has 0 saturated heterocycles. The van der Waals surface area contributed by atoms with Gasteiger partial charge in [-0.05, 0) is 12.1 Å². The van der Waals surface area contributed by atoms with Crippen molar-refractivity contribution < 1.29 is 14.7 Å². The molecule has 1 aromatic rings. The third-order valence-corrected chi connectivity index (χ3v) is 1.55. The number of para-hydroxylation sites is 1. The average Bonchev–Trinajstić information content (AvgIpc) is 2.08. The van der Waals surface area contributed by atoms with Crippen LogP contribution in [0.25, 0.3) is 0 Å². The van der Waals surface area contributed by atoms with Crippen LogP contribution in [-0.2, 0) is 4.79 Å². The first-order chi connectivity index (χ1) is 6.16. The molecule has 13 heavy (non-hydrogen) atoms. The Bertz CT molecular complexity index is 349. The Morgan fingerprint density at radius 1 is 1.54 bits per heavy atom. The molecular weight excluding hydrogens is 172 g/mol. The van der Waals surface area contributed by atoms with Gasteiger partial charge in [-0.1, -0.05) is 6.07 Å². The fraction of sp³-hybridized carbons (Fsp3) is 0. The van der Waals surface area contributed by atoms with E-state index < -0.39 is 5.97 Å². The fourth-order valence-electron chi connectivity index (χ4n) is 0.941. The van der Waals surface area contributed by atoms with E-state index in [0.29, 0.717) is 12.1 Å². The summed E-state index contributed by atoms with van der Waals surface area (Å²) in [4.78, 5) is 20.7. The first-order valence-corrected chi connectivity index (χ1v) is 3.48. The van der Waals surface area contributed by atoms with Crippen molar-refractivity contribution in [2.24, 2.45) is 0 Å². The SMILES string of the molecule is Nc1c(NC=O)cccc1C(=O)O. The van der Waals surface area contributed by atoms with Crippen LogP contribution in [0.3, 0.4) is 0 Å². The topological polar surface area (TPSA) is 92.4 Å². The van der Waals surface area contributed by atoms with Gasteiger partial charge in [0.05, 0.1) is 16.9 Å². The molecule has 5 nitrogen and oxygen atoms in total. The number of carboxylic acid groups (broad SMARTS) is 1. The molecule has 0 aliphatic carbocycles. The second-order valence-corrected chi connectivity index (χ2v) is 2.33. The highest BCUT2D eigenvalue weighted by molar-refractivity contribution is 5.98. The zero-order valence-electron chi connectivity index (χ0n) is 6.65. The highest BCUT2D eigenvalue weighted by atomic mass is 16.4. The summed E-state index contributed by atoms with van der Waals surface area (Å²) in [6.07, 6.45) is 0.442. The van der Waals surface area contributed by atoms with Gasteiger partial charge >= 0.3 is 5.97 Å². The highest BCUT2D eigenvalue weighted by Crippen LogP contribution is 2.21. The number of nitrogens with one attached hydrogen (secondary N) is 1. The van der Waals surface area contributed by atoms with E-state index in [0.717, 1.165) is 0 Å². The molecule has 0 aliphatic rings. The molecule has 0 saturated carbocycles. The summed E-state index contributed by atoms with van der Waals surface area (Å²) in [5.41, 5.74) is 5.81. The summed E-state index contributed by atoms with van der Waals surface area (Å²) in [7, 11) is 0. The Balaban J connectivity index is 3.17. The highest BCUT2D eigenvalue weighted by Gasteiger charge is 2.09. The molecule has 0 atom stereocenters. The molecule has 5 heteroatoms. The first kappa shape index (κ1) is 9.05. The Morgan fingerprint density at radius 2 is 2.23 bits per heavy atom. The van der Waals surface area contributed by atoms with Crippen LogP contribution in [0.5, 0.6) is 0 Å². The van der Waals surface area contributed by atoms with Gasteiger partial charge in [-0.25, -0.2) is 4.79 Å². The van der Waals surface area contributed by atoms with Crippen LogP contribution >= 0.6 is 0 Å². The normalized spacial score (nSPS) is 9.23. The van der Waals surface area contributed by atoms with Crippen molar-refractivity contribution >= 4 is 23.8 Å². The van der Waals surface area contributed by atoms with Crippen molar-refractivity contribution in [3.8, 4) is 0 Å². The lowest BCUT2D eigenvalue weighted by atomic mass is 10.1. The van der Waals surface area contributed by atoms with Crippen LogP contribution in [0.1, 0.15) is 10.4 Å². The maximum atomic E-state index is 10.6. The molecule has 0 aromatic heterocycles. The van der Waals surface area contributed by atoms with E-state index in [9.17, 15) is 9.59 Å². The van der Waals surface area contributed by atoms with E-state index in [1.165, 1.54) is 18.2 Å². The number of hydrogen-bond acceptors (Lipinski definition) is 3. The van der Waals surface area contributed by atoms with E-state index in [4.69, 9.17) is 10.8 Å². The minimum Gasteiger partial charge on any atom is -0.478 e. The number of carbonyl (C=O) groups excluding carboxylic acids is 1. The largest absolute Gasteiger partial charge is 0.478 e. The number of carbonyl (C=O) groups is 2. The number of benzene rings is 1. The van der Waals surface area contributed by atoms with Gasteiger partial charge in [0.2, 0.25) is 6.41 Å². The Labute approximate surface area is 74.2 Å². The van der Waals surface area contributed by atoms with E-state index in [1.807, 2.05) is 0 Å². The molecule has 4 N–H and O–H groups in total. The third kappa shape index (κ3) is 1.76. The zero-order chi connectivity index (χ0) is 9.84. The molecule has 0 spiro atoms. The smallest absolute Gasteiger partial charge is 0.337 e. The number of nitrogens with two attached hydrogens (primary N) is 1. The minimum absolute atomic E-state index is 0.0214. The third-order valence-electron chi connectivity index (χ3n) is 1.55. The maximum Gasteiger partial charge on any atom is 0.337 e. The van der Waals surface area contributed by atoms with Crippen LogP contribution in [0.2, 0.25) is 0 Å². The lowest BCUT2D eigenvalue weighted by Crippen LogP contribution is -2.06. The van der Waals surface area contributed by atoms with Gasteiger partial charge in [-0.15, -0.1) is 0 Å². The minimum atomic E-state index is -1.12. The summed E-state index contributed by atoms with van der Waals surface area (Å²) in [6.45, 7) is 0. The predicted octanol–water partition coefficient (Wildman–Crippen LogP) is 0.535. The summed E-state index contributed by atoms with van der Waals surface area (Å²) in [6, 6.07) is 4.40. The Hall–Kier alpha value is -2.04. The van der Waals surface area contributed by atoms with E-state index in [-0.39, 0.29) is 11.3 Å². The van der Waals surface area contributed by atoms with E-state index in [2.05, 4.69) is 5.32 Å². The van der Waals surface area contributed by atoms with Crippen molar-refractivity contribution in [3.05, 3.63) is 23.8 Å². The Kier molecular flexibility index (Phi) is 2.49. The average molecular weight is 180 g/mol. The lowest BCUT2D eigenvalue weighted by molar-refractivity contribution is -0.105. The van der Waals surface area contributed by atoms with Crippen LogP contribution in [0.4, 0.5) is 11.4 Å². The number of rotatable bonds is 3. The monoisotopic (exact) mass is 180 g/mol. The predicted molar refractivity (Wildman–Crippen MR) is 47.5 cm³/mol. The van der Waals surface area contributed by atoms with Crippen molar-refractivity contribution in [1.82, 2.24) is 0 Å². The number of aromatic carboxylic acids is 1. The van der Waals surface area contributed by atoms with Crippen LogP contribution in [0.15, 0.2) is 18.2 Å². The number of amides is 1. The second kappa shape index (κ2) is 3.57. The van der Waals surface area contributed by atoms with Gasteiger partial charge in [-0.2, -0.15) is 0 Å². The van der Waals surface area contributed by atoms with Crippen LogP contribution < -0.4 is 11.1 Å². The molecule has 1 rings (SSSR count). The van der Waals surface area contributed by atoms with Gasteiger partial charge in [0, 0.05) is 0 Å². The number of carboxylic acids is 1. The van der Waals surface area contributed by atoms with Crippen molar-refractivity contribution in [3.63, 3.8) is 0 Å². The number of anilines is 2. The first-order valence-electron chi connectivity index (χ1n) is 3.48. The van der Waals surface area contributed by atoms with Gasteiger partial charge in [0.15, 0.2) is 0 Å². The van der Waals surface area contributed by atoms with Crippen molar-refractivity contribution in [1.29, 1.82) is 0 Å². The summed E-state index contributed by atoms with van der Waals surface area (Å²) in [5, 5.41) is 11.0. The summed E-state index contributed by atoms with van der Waals surface area (Å²) in [5.74, 6) is -1.12. The number of nitrogen functional groups attached to an aromatic ring is 1. The van der Waals surface area contributed by atoms with E-state index >= 15 is 0 Å². The molecule has 68 valence electrons. The lowest BCUT2D eigenvalue weighted by Gasteiger charge is -2.05. The Morgan fingerprint density at radius 3 is 2.77 bits per heavy atom. The van der Waals surface area contributed by atoms with Gasteiger partial charge in [0.25, 0.3) is 0 Å². The number of hydrogen-bond donors (Lipinski definition) is 3. The molecule has 0 fully saturated rings. The molecule has 0 radical (unpaired) electrons. The molecule has 0 unspecified atom stereocenters. The van der Waals surface area contributed by atoms with Crippen molar-refractivity contribution in [2.75, 3.05) is 11.1 Å². The molecule has 0 aliphatic heterocycles. The van der Waals surface area contributed by atoms with Crippen LogP contribution in [-0.4, -0.2) is 17.5 Å². The van der Waals surface area contributed by atoms with E-state index in [1.54, 1.807) is 0 Å². The molecule has 0 heterocycles. The zero-order valence-corrected chi connectivity index (χ0v) is 6.65. The maximum absolute atomic E-state index is 10.6. The fourth-order valence-corrected chi connectivity index (χ4v) is 0.941. The molecular formula is C8H8N2O3. The second-order valence-electron chi connectivity index (χ2n) is 2.33. The summed E-state index contributed by atoms with van der Waals surface area (Å²) < 4.78 is 0.